The molecule has 4 heteroatoms. The normalized spacial score (nSPS) is 11.5. The average Bonchev–Trinajstić information content (AvgIpc) is 2.94. The zero-order valence-corrected chi connectivity index (χ0v) is 12.0. The van der Waals surface area contributed by atoms with Crippen molar-refractivity contribution in [3.05, 3.63) is 52.9 Å². The van der Waals surface area contributed by atoms with Crippen LogP contribution in [0, 0.1) is 6.92 Å². The van der Waals surface area contributed by atoms with Crippen molar-refractivity contribution < 1.29 is 0 Å². The predicted octanol–water partition coefficient (Wildman–Crippen LogP) is 3.56. The monoisotopic (exact) mass is 271 g/mol. The van der Waals surface area contributed by atoms with Crippen molar-refractivity contribution in [2.45, 2.75) is 20.0 Å². The highest BCUT2D eigenvalue weighted by Gasteiger charge is 2.06. The molecule has 0 spiro atoms. The van der Waals surface area contributed by atoms with Crippen LogP contribution in [0.4, 0.5) is 0 Å². The standard InChI is InChI=1S/C15H17N3S/c1-11-16-8-13(17-11)9-18(2)10-14-7-12-5-3-4-6-15(12)19-14/h3-8H,9-10H2,1-2H3,(H,16,17). The molecule has 1 aromatic carbocycles. The van der Waals surface area contributed by atoms with Crippen molar-refractivity contribution in [3.63, 3.8) is 0 Å². The molecule has 0 unspecified atom stereocenters. The molecule has 2 heterocycles. The van der Waals surface area contributed by atoms with E-state index in [0.717, 1.165) is 18.9 Å². The molecule has 0 bridgehead atoms. The molecule has 3 aromatic rings. The predicted molar refractivity (Wildman–Crippen MR) is 80.3 cm³/mol. The number of hydrogen-bond acceptors (Lipinski definition) is 3. The van der Waals surface area contributed by atoms with E-state index < -0.39 is 0 Å². The van der Waals surface area contributed by atoms with E-state index in [1.54, 1.807) is 0 Å². The maximum absolute atomic E-state index is 4.23. The third-order valence-corrected chi connectivity index (χ3v) is 4.20. The third-order valence-electron chi connectivity index (χ3n) is 3.10. The summed E-state index contributed by atoms with van der Waals surface area (Å²) in [6.07, 6.45) is 1.91. The molecule has 0 aliphatic carbocycles. The Labute approximate surface area is 116 Å². The van der Waals surface area contributed by atoms with E-state index in [0.29, 0.717) is 0 Å². The van der Waals surface area contributed by atoms with Crippen LogP contribution in [0.3, 0.4) is 0 Å². The highest BCUT2D eigenvalue weighted by molar-refractivity contribution is 7.19. The lowest BCUT2D eigenvalue weighted by atomic mass is 10.2. The van der Waals surface area contributed by atoms with Crippen LogP contribution in [0.2, 0.25) is 0 Å². The molecular weight excluding hydrogens is 254 g/mol. The summed E-state index contributed by atoms with van der Waals surface area (Å²) in [6, 6.07) is 10.8. The van der Waals surface area contributed by atoms with E-state index in [1.165, 1.54) is 20.7 Å². The quantitative estimate of drug-likeness (QED) is 0.786. The summed E-state index contributed by atoms with van der Waals surface area (Å²) in [6.45, 7) is 3.85. The second-order valence-electron chi connectivity index (χ2n) is 4.92. The fraction of sp³-hybridized carbons (Fsp3) is 0.267. The Bertz CT molecular complexity index is 650. The van der Waals surface area contributed by atoms with Gasteiger partial charge in [0.25, 0.3) is 0 Å². The molecule has 98 valence electrons. The summed E-state index contributed by atoms with van der Waals surface area (Å²) < 4.78 is 1.36. The number of aryl methyl sites for hydroxylation is 1. The van der Waals surface area contributed by atoms with Crippen LogP contribution in [-0.4, -0.2) is 21.9 Å². The number of rotatable bonds is 4. The lowest BCUT2D eigenvalue weighted by molar-refractivity contribution is 0.318. The van der Waals surface area contributed by atoms with Crippen LogP contribution in [0.25, 0.3) is 10.1 Å². The summed E-state index contributed by atoms with van der Waals surface area (Å²) in [4.78, 5) is 11.2. The van der Waals surface area contributed by atoms with Gasteiger partial charge in [-0.1, -0.05) is 18.2 Å². The molecule has 0 radical (unpaired) electrons. The van der Waals surface area contributed by atoms with Crippen molar-refractivity contribution in [2.24, 2.45) is 0 Å². The fourth-order valence-electron chi connectivity index (χ4n) is 2.28. The second-order valence-corrected chi connectivity index (χ2v) is 6.09. The highest BCUT2D eigenvalue weighted by Crippen LogP contribution is 2.26. The summed E-state index contributed by atoms with van der Waals surface area (Å²) in [5.74, 6) is 0.977. The first-order valence-corrected chi connectivity index (χ1v) is 7.19. The van der Waals surface area contributed by atoms with Gasteiger partial charge in [0.2, 0.25) is 0 Å². The smallest absolute Gasteiger partial charge is 0.103 e. The van der Waals surface area contributed by atoms with Gasteiger partial charge in [0, 0.05) is 34.6 Å². The molecule has 3 nitrogen and oxygen atoms in total. The van der Waals surface area contributed by atoms with Gasteiger partial charge >= 0.3 is 0 Å². The van der Waals surface area contributed by atoms with E-state index in [4.69, 9.17) is 0 Å². The second kappa shape index (κ2) is 5.15. The number of fused-ring (bicyclic) bond motifs is 1. The van der Waals surface area contributed by atoms with Crippen molar-refractivity contribution in [1.82, 2.24) is 14.9 Å². The SMILES string of the molecule is Cc1ncc(CN(C)Cc2cc3ccccc3s2)[nH]1. The number of nitrogens with zero attached hydrogens (tertiary/aromatic N) is 2. The number of benzene rings is 1. The Kier molecular flexibility index (Phi) is 3.36. The first-order valence-electron chi connectivity index (χ1n) is 6.37. The van der Waals surface area contributed by atoms with Crippen LogP contribution < -0.4 is 0 Å². The molecule has 0 saturated carbocycles. The van der Waals surface area contributed by atoms with Gasteiger partial charge in [-0.3, -0.25) is 4.90 Å². The number of imidazole rings is 1. The first-order chi connectivity index (χ1) is 9.20. The number of H-pyrrole nitrogens is 1. The maximum Gasteiger partial charge on any atom is 0.103 e. The number of aromatic nitrogens is 2. The molecule has 0 fully saturated rings. The van der Waals surface area contributed by atoms with Crippen LogP contribution in [0.1, 0.15) is 16.4 Å². The molecule has 19 heavy (non-hydrogen) atoms. The molecule has 0 amide bonds. The average molecular weight is 271 g/mol. The molecular formula is C15H17N3S. The number of thiophene rings is 1. The molecule has 0 atom stereocenters. The molecule has 2 aromatic heterocycles. The Morgan fingerprint density at radius 1 is 1.26 bits per heavy atom. The molecule has 0 aliphatic rings. The summed E-state index contributed by atoms with van der Waals surface area (Å²) in [5.41, 5.74) is 1.17. The maximum atomic E-state index is 4.23. The fourth-order valence-corrected chi connectivity index (χ4v) is 3.42. The van der Waals surface area contributed by atoms with Crippen molar-refractivity contribution in [2.75, 3.05) is 7.05 Å². The van der Waals surface area contributed by atoms with Crippen LogP contribution >= 0.6 is 11.3 Å². The van der Waals surface area contributed by atoms with Gasteiger partial charge in [-0.2, -0.15) is 0 Å². The van der Waals surface area contributed by atoms with Crippen LogP contribution in [0.15, 0.2) is 36.5 Å². The minimum absolute atomic E-state index is 0.898. The van der Waals surface area contributed by atoms with Crippen molar-refractivity contribution in [1.29, 1.82) is 0 Å². The van der Waals surface area contributed by atoms with Gasteiger partial charge in [0.15, 0.2) is 0 Å². The summed E-state index contributed by atoms with van der Waals surface area (Å²) in [7, 11) is 2.14. The summed E-state index contributed by atoms with van der Waals surface area (Å²) in [5, 5.41) is 1.34. The molecule has 1 N–H and O–H groups in total. The number of nitrogens with one attached hydrogen (secondary N) is 1. The van der Waals surface area contributed by atoms with Crippen LogP contribution in [0.5, 0.6) is 0 Å². The van der Waals surface area contributed by atoms with Gasteiger partial charge in [0.05, 0.1) is 0 Å². The van der Waals surface area contributed by atoms with E-state index in [1.807, 2.05) is 24.5 Å². The zero-order chi connectivity index (χ0) is 13.2. The zero-order valence-electron chi connectivity index (χ0n) is 11.2. The molecule has 3 rings (SSSR count). The van der Waals surface area contributed by atoms with E-state index in [2.05, 4.69) is 52.2 Å². The Morgan fingerprint density at radius 3 is 2.84 bits per heavy atom. The third kappa shape index (κ3) is 2.85. The number of hydrogen-bond donors (Lipinski definition) is 1. The van der Waals surface area contributed by atoms with Gasteiger partial charge in [-0.05, 0) is 31.5 Å². The highest BCUT2D eigenvalue weighted by atomic mass is 32.1. The van der Waals surface area contributed by atoms with Crippen molar-refractivity contribution in [3.8, 4) is 0 Å². The Morgan fingerprint density at radius 2 is 2.11 bits per heavy atom. The first kappa shape index (κ1) is 12.4. The number of aromatic amines is 1. The van der Waals surface area contributed by atoms with Gasteiger partial charge in [-0.15, -0.1) is 11.3 Å². The van der Waals surface area contributed by atoms with Gasteiger partial charge < -0.3 is 4.98 Å². The lowest BCUT2D eigenvalue weighted by Crippen LogP contribution is -2.16. The minimum atomic E-state index is 0.898. The Balaban J connectivity index is 1.70. The van der Waals surface area contributed by atoms with Crippen molar-refractivity contribution >= 4 is 21.4 Å². The topological polar surface area (TPSA) is 31.9 Å². The largest absolute Gasteiger partial charge is 0.345 e. The minimum Gasteiger partial charge on any atom is -0.345 e. The molecule has 0 saturated heterocycles. The summed E-state index contributed by atoms with van der Waals surface area (Å²) >= 11 is 1.87. The Hall–Kier alpha value is -1.65. The lowest BCUT2D eigenvalue weighted by Gasteiger charge is -2.13. The van der Waals surface area contributed by atoms with Crippen LogP contribution in [-0.2, 0) is 13.1 Å². The van der Waals surface area contributed by atoms with E-state index in [-0.39, 0.29) is 0 Å². The van der Waals surface area contributed by atoms with E-state index in [9.17, 15) is 0 Å². The van der Waals surface area contributed by atoms with E-state index >= 15 is 0 Å². The van der Waals surface area contributed by atoms with Gasteiger partial charge in [-0.25, -0.2) is 4.98 Å². The van der Waals surface area contributed by atoms with Gasteiger partial charge in [0.1, 0.15) is 5.82 Å². The molecule has 0 aliphatic heterocycles.